The molecular weight excluding hydrogens is 386 g/mol. The molecule has 5 heteroatoms. The zero-order valence-electron chi connectivity index (χ0n) is 11.1. The molecule has 0 N–H and O–H groups in total. The van der Waals surface area contributed by atoms with Gasteiger partial charge in [0.1, 0.15) is 6.61 Å². The molecule has 0 saturated carbocycles. The number of hydrogen-bond donors (Lipinski definition) is 0. The Morgan fingerprint density at radius 3 is 2.60 bits per heavy atom. The molecular formula is C15H15Br2NO2. The third kappa shape index (κ3) is 4.21. The fraction of sp³-hybridized carbons (Fsp3) is 0.267. The van der Waals surface area contributed by atoms with Crippen LogP contribution in [0.5, 0.6) is 11.5 Å². The minimum absolute atomic E-state index is 0.459. The SMILES string of the molecule is CCOc1cc(CBr)ccc1OCc1cncc(Br)c1. The Hall–Kier alpha value is -1.07. The van der Waals surface area contributed by atoms with Crippen LogP contribution in [0.3, 0.4) is 0 Å². The highest BCUT2D eigenvalue weighted by molar-refractivity contribution is 9.10. The average Bonchev–Trinajstić information content (AvgIpc) is 2.46. The summed E-state index contributed by atoms with van der Waals surface area (Å²) in [5.74, 6) is 1.52. The van der Waals surface area contributed by atoms with E-state index in [2.05, 4.69) is 36.8 Å². The molecule has 2 rings (SSSR count). The quantitative estimate of drug-likeness (QED) is 0.657. The Morgan fingerprint density at radius 1 is 1.05 bits per heavy atom. The molecule has 1 heterocycles. The van der Waals surface area contributed by atoms with Gasteiger partial charge in [-0.05, 0) is 46.6 Å². The first kappa shape index (κ1) is 15.3. The Bertz CT molecular complexity index is 576. The minimum atomic E-state index is 0.459. The molecule has 0 aliphatic rings. The number of rotatable bonds is 6. The van der Waals surface area contributed by atoms with Crippen LogP contribution in [0.4, 0.5) is 0 Å². The van der Waals surface area contributed by atoms with Gasteiger partial charge in [0.25, 0.3) is 0 Å². The van der Waals surface area contributed by atoms with E-state index >= 15 is 0 Å². The molecule has 0 aliphatic carbocycles. The van der Waals surface area contributed by atoms with Crippen molar-refractivity contribution in [2.75, 3.05) is 6.61 Å². The maximum atomic E-state index is 5.83. The monoisotopic (exact) mass is 399 g/mol. The third-order valence-corrected chi connectivity index (χ3v) is 3.70. The second-order valence-corrected chi connectivity index (χ2v) is 5.62. The van der Waals surface area contributed by atoms with E-state index in [0.29, 0.717) is 13.2 Å². The van der Waals surface area contributed by atoms with Gasteiger partial charge in [0.05, 0.1) is 6.61 Å². The molecule has 0 atom stereocenters. The summed E-state index contributed by atoms with van der Waals surface area (Å²) in [5.41, 5.74) is 2.16. The van der Waals surface area contributed by atoms with Crippen LogP contribution in [0.25, 0.3) is 0 Å². The molecule has 0 fully saturated rings. The molecule has 0 bridgehead atoms. The van der Waals surface area contributed by atoms with Crippen LogP contribution < -0.4 is 9.47 Å². The Morgan fingerprint density at radius 2 is 1.90 bits per heavy atom. The predicted molar refractivity (Wildman–Crippen MR) is 86.5 cm³/mol. The van der Waals surface area contributed by atoms with E-state index in [1.807, 2.05) is 31.2 Å². The molecule has 0 amide bonds. The van der Waals surface area contributed by atoms with E-state index in [1.54, 1.807) is 12.4 Å². The van der Waals surface area contributed by atoms with Gasteiger partial charge in [-0.2, -0.15) is 0 Å². The van der Waals surface area contributed by atoms with Crippen LogP contribution in [0.1, 0.15) is 18.1 Å². The zero-order chi connectivity index (χ0) is 14.4. The largest absolute Gasteiger partial charge is 0.490 e. The first-order chi connectivity index (χ1) is 9.72. The summed E-state index contributed by atoms with van der Waals surface area (Å²) in [6.45, 7) is 3.03. The minimum Gasteiger partial charge on any atom is -0.490 e. The normalized spacial score (nSPS) is 10.3. The van der Waals surface area contributed by atoms with Crippen molar-refractivity contribution in [1.82, 2.24) is 4.98 Å². The van der Waals surface area contributed by atoms with E-state index in [1.165, 1.54) is 0 Å². The van der Waals surface area contributed by atoms with Gasteiger partial charge >= 0.3 is 0 Å². The molecule has 0 spiro atoms. The Kier molecular flexibility index (Phi) is 5.86. The highest BCUT2D eigenvalue weighted by Crippen LogP contribution is 2.30. The smallest absolute Gasteiger partial charge is 0.161 e. The van der Waals surface area contributed by atoms with Crippen molar-refractivity contribution in [1.29, 1.82) is 0 Å². The number of aromatic nitrogens is 1. The number of alkyl halides is 1. The van der Waals surface area contributed by atoms with E-state index in [9.17, 15) is 0 Å². The van der Waals surface area contributed by atoms with Gasteiger partial charge in [-0.1, -0.05) is 22.0 Å². The summed E-state index contributed by atoms with van der Waals surface area (Å²) >= 11 is 6.84. The number of hydrogen-bond acceptors (Lipinski definition) is 3. The van der Waals surface area contributed by atoms with E-state index in [-0.39, 0.29) is 0 Å². The molecule has 0 radical (unpaired) electrons. The number of benzene rings is 1. The lowest BCUT2D eigenvalue weighted by Crippen LogP contribution is -2.00. The summed E-state index contributed by atoms with van der Waals surface area (Å²) in [7, 11) is 0. The molecule has 20 heavy (non-hydrogen) atoms. The van der Waals surface area contributed by atoms with Crippen molar-refractivity contribution >= 4 is 31.9 Å². The van der Waals surface area contributed by atoms with Gasteiger partial charge in [0, 0.05) is 27.8 Å². The van der Waals surface area contributed by atoms with Gasteiger partial charge in [-0.15, -0.1) is 0 Å². The van der Waals surface area contributed by atoms with Crippen molar-refractivity contribution in [2.24, 2.45) is 0 Å². The van der Waals surface area contributed by atoms with Crippen LogP contribution in [0.2, 0.25) is 0 Å². The topological polar surface area (TPSA) is 31.4 Å². The van der Waals surface area contributed by atoms with Crippen molar-refractivity contribution < 1.29 is 9.47 Å². The molecule has 1 aromatic carbocycles. The fourth-order valence-electron chi connectivity index (χ4n) is 1.72. The van der Waals surface area contributed by atoms with Gasteiger partial charge in [-0.25, -0.2) is 0 Å². The Balaban J connectivity index is 2.12. The van der Waals surface area contributed by atoms with Gasteiger partial charge in [-0.3, -0.25) is 4.98 Å². The highest BCUT2D eigenvalue weighted by atomic mass is 79.9. The van der Waals surface area contributed by atoms with Crippen LogP contribution in [-0.4, -0.2) is 11.6 Å². The van der Waals surface area contributed by atoms with Crippen molar-refractivity contribution in [3.63, 3.8) is 0 Å². The Labute approximate surface area is 135 Å². The second-order valence-electron chi connectivity index (χ2n) is 4.15. The number of pyridine rings is 1. The van der Waals surface area contributed by atoms with Crippen molar-refractivity contribution in [2.45, 2.75) is 18.9 Å². The first-order valence-electron chi connectivity index (χ1n) is 6.27. The zero-order valence-corrected chi connectivity index (χ0v) is 14.3. The summed E-state index contributed by atoms with van der Waals surface area (Å²) in [5, 5.41) is 0.795. The van der Waals surface area contributed by atoms with E-state index in [4.69, 9.17) is 9.47 Å². The lowest BCUT2D eigenvalue weighted by atomic mass is 10.2. The van der Waals surface area contributed by atoms with Crippen molar-refractivity contribution in [3.8, 4) is 11.5 Å². The van der Waals surface area contributed by atoms with Crippen LogP contribution in [-0.2, 0) is 11.9 Å². The summed E-state index contributed by atoms with van der Waals surface area (Å²) in [4.78, 5) is 4.12. The lowest BCUT2D eigenvalue weighted by molar-refractivity contribution is 0.269. The number of halogens is 2. The standard InChI is InChI=1S/C15H15Br2NO2/c1-2-19-15-6-11(7-16)3-4-14(15)20-10-12-5-13(17)9-18-8-12/h3-6,8-9H,2,7,10H2,1H3. The summed E-state index contributed by atoms with van der Waals surface area (Å²) in [6, 6.07) is 7.94. The van der Waals surface area contributed by atoms with Crippen molar-refractivity contribution in [3.05, 3.63) is 52.3 Å². The summed E-state index contributed by atoms with van der Waals surface area (Å²) < 4.78 is 12.4. The molecule has 0 aliphatic heterocycles. The molecule has 106 valence electrons. The average molecular weight is 401 g/mol. The lowest BCUT2D eigenvalue weighted by Gasteiger charge is -2.13. The molecule has 1 aromatic heterocycles. The van der Waals surface area contributed by atoms with E-state index in [0.717, 1.165) is 32.4 Å². The molecule has 3 nitrogen and oxygen atoms in total. The van der Waals surface area contributed by atoms with E-state index < -0.39 is 0 Å². The van der Waals surface area contributed by atoms with Gasteiger partial charge < -0.3 is 9.47 Å². The first-order valence-corrected chi connectivity index (χ1v) is 8.18. The maximum Gasteiger partial charge on any atom is 0.161 e. The van der Waals surface area contributed by atoms with Crippen LogP contribution in [0.15, 0.2) is 41.1 Å². The van der Waals surface area contributed by atoms with Gasteiger partial charge in [0.2, 0.25) is 0 Å². The van der Waals surface area contributed by atoms with Gasteiger partial charge in [0.15, 0.2) is 11.5 Å². The fourth-order valence-corrected chi connectivity index (χ4v) is 2.48. The highest BCUT2D eigenvalue weighted by Gasteiger charge is 2.07. The number of ether oxygens (including phenoxy) is 2. The summed E-state index contributed by atoms with van der Waals surface area (Å²) in [6.07, 6.45) is 3.54. The van der Waals surface area contributed by atoms with Crippen LogP contribution in [0, 0.1) is 0 Å². The predicted octanol–water partition coefficient (Wildman–Crippen LogP) is 4.72. The maximum absolute atomic E-state index is 5.83. The third-order valence-electron chi connectivity index (χ3n) is 2.62. The number of nitrogens with zero attached hydrogens (tertiary/aromatic N) is 1. The molecule has 0 unspecified atom stereocenters. The second kappa shape index (κ2) is 7.64. The van der Waals surface area contributed by atoms with Crippen LogP contribution >= 0.6 is 31.9 Å². The molecule has 0 saturated heterocycles. The molecule has 2 aromatic rings.